The third-order valence-corrected chi connectivity index (χ3v) is 3.35. The van der Waals surface area contributed by atoms with Crippen LogP contribution in [0.3, 0.4) is 0 Å². The Balaban J connectivity index is 2.29. The molecule has 1 fully saturated rings. The van der Waals surface area contributed by atoms with Crippen molar-refractivity contribution in [3.05, 3.63) is 16.1 Å². The lowest BCUT2D eigenvalue weighted by molar-refractivity contribution is -0.0389. The van der Waals surface area contributed by atoms with Crippen molar-refractivity contribution < 1.29 is 5.11 Å². The van der Waals surface area contributed by atoms with Crippen molar-refractivity contribution in [1.82, 2.24) is 4.98 Å². The van der Waals surface area contributed by atoms with Gasteiger partial charge in [-0.1, -0.05) is 5.92 Å². The summed E-state index contributed by atoms with van der Waals surface area (Å²) in [5, 5.41) is 10.6. The molecule has 1 aromatic heterocycles. The maximum Gasteiger partial charge on any atom is 0.125 e. The standard InChI is InChI=1S/C9H9NOS/c1-2-7-6-10-8(12-7)9(11)4-3-5-9/h1,6,11H,3-5H2. The smallest absolute Gasteiger partial charge is 0.125 e. The van der Waals surface area contributed by atoms with Crippen molar-refractivity contribution in [3.63, 3.8) is 0 Å². The SMILES string of the molecule is C#Cc1cnc(C2(O)CCC2)s1. The van der Waals surface area contributed by atoms with Gasteiger partial charge in [-0.25, -0.2) is 4.98 Å². The first-order valence-corrected chi connectivity index (χ1v) is 4.71. The molecular weight excluding hydrogens is 170 g/mol. The van der Waals surface area contributed by atoms with Gasteiger partial charge in [-0.05, 0) is 19.3 Å². The third kappa shape index (κ3) is 1.04. The summed E-state index contributed by atoms with van der Waals surface area (Å²) in [5.41, 5.74) is -0.653. The summed E-state index contributed by atoms with van der Waals surface area (Å²) in [6, 6.07) is 0. The summed E-state index contributed by atoms with van der Waals surface area (Å²) in [7, 11) is 0. The van der Waals surface area contributed by atoms with Crippen LogP contribution in [0.4, 0.5) is 0 Å². The summed E-state index contributed by atoms with van der Waals surface area (Å²) >= 11 is 1.42. The zero-order chi connectivity index (χ0) is 8.60. The molecule has 2 nitrogen and oxygen atoms in total. The van der Waals surface area contributed by atoms with E-state index in [-0.39, 0.29) is 0 Å². The van der Waals surface area contributed by atoms with Gasteiger partial charge in [0.25, 0.3) is 0 Å². The monoisotopic (exact) mass is 179 g/mol. The molecule has 3 heteroatoms. The van der Waals surface area contributed by atoms with Gasteiger partial charge in [-0.2, -0.15) is 0 Å². The molecule has 0 aromatic carbocycles. The van der Waals surface area contributed by atoms with Gasteiger partial charge in [0, 0.05) is 0 Å². The summed E-state index contributed by atoms with van der Waals surface area (Å²) < 4.78 is 0. The van der Waals surface area contributed by atoms with Crippen molar-refractivity contribution in [2.45, 2.75) is 24.9 Å². The highest BCUT2D eigenvalue weighted by Crippen LogP contribution is 2.42. The lowest BCUT2D eigenvalue weighted by Gasteiger charge is -2.34. The number of aromatic nitrogens is 1. The fourth-order valence-electron chi connectivity index (χ4n) is 1.28. The Kier molecular flexibility index (Phi) is 1.67. The van der Waals surface area contributed by atoms with Crippen molar-refractivity contribution in [1.29, 1.82) is 0 Å². The van der Waals surface area contributed by atoms with Gasteiger partial charge in [0.05, 0.1) is 11.1 Å². The highest BCUT2D eigenvalue weighted by molar-refractivity contribution is 7.12. The zero-order valence-corrected chi connectivity index (χ0v) is 7.40. The molecule has 0 atom stereocenters. The van der Waals surface area contributed by atoms with E-state index in [1.54, 1.807) is 6.20 Å². The second kappa shape index (κ2) is 2.58. The lowest BCUT2D eigenvalue weighted by atomic mass is 9.81. The summed E-state index contributed by atoms with van der Waals surface area (Å²) in [5.74, 6) is 2.51. The first-order chi connectivity index (χ1) is 5.74. The van der Waals surface area contributed by atoms with E-state index < -0.39 is 5.60 Å². The van der Waals surface area contributed by atoms with E-state index in [0.717, 1.165) is 29.1 Å². The molecule has 0 bridgehead atoms. The third-order valence-electron chi connectivity index (χ3n) is 2.23. The van der Waals surface area contributed by atoms with E-state index in [0.29, 0.717) is 0 Å². The Morgan fingerprint density at radius 1 is 1.67 bits per heavy atom. The molecule has 0 spiro atoms. The molecule has 1 N–H and O–H groups in total. The number of nitrogens with zero attached hydrogens (tertiary/aromatic N) is 1. The Labute approximate surface area is 75.3 Å². The molecule has 1 heterocycles. The van der Waals surface area contributed by atoms with Crippen LogP contribution in [0.1, 0.15) is 29.1 Å². The minimum Gasteiger partial charge on any atom is -0.383 e. The maximum absolute atomic E-state index is 9.87. The predicted molar refractivity (Wildman–Crippen MR) is 47.8 cm³/mol. The fraction of sp³-hybridized carbons (Fsp3) is 0.444. The van der Waals surface area contributed by atoms with Crippen LogP contribution in [0.5, 0.6) is 0 Å². The second-order valence-electron chi connectivity index (χ2n) is 3.06. The molecule has 1 aliphatic rings. The van der Waals surface area contributed by atoms with E-state index >= 15 is 0 Å². The molecule has 0 radical (unpaired) electrons. The first kappa shape index (κ1) is 7.78. The number of rotatable bonds is 1. The van der Waals surface area contributed by atoms with E-state index in [1.165, 1.54) is 11.3 Å². The van der Waals surface area contributed by atoms with Crippen LogP contribution < -0.4 is 0 Å². The van der Waals surface area contributed by atoms with E-state index in [1.807, 2.05) is 0 Å². The molecule has 0 aliphatic heterocycles. The number of terminal acetylenes is 1. The largest absolute Gasteiger partial charge is 0.383 e. The van der Waals surface area contributed by atoms with Crippen molar-refractivity contribution in [2.24, 2.45) is 0 Å². The first-order valence-electron chi connectivity index (χ1n) is 3.90. The van der Waals surface area contributed by atoms with Crippen LogP contribution in [0.15, 0.2) is 6.20 Å². The Bertz CT molecular complexity index is 333. The van der Waals surface area contributed by atoms with Crippen LogP contribution in [-0.4, -0.2) is 10.1 Å². The van der Waals surface area contributed by atoms with Gasteiger partial charge < -0.3 is 5.11 Å². The van der Waals surface area contributed by atoms with Crippen molar-refractivity contribution >= 4 is 11.3 Å². The van der Waals surface area contributed by atoms with Gasteiger partial charge in [-0.15, -0.1) is 17.8 Å². The second-order valence-corrected chi connectivity index (χ2v) is 4.09. The summed E-state index contributed by atoms with van der Waals surface area (Å²) in [6.07, 6.45) is 9.59. The molecule has 1 saturated carbocycles. The number of hydrogen-bond donors (Lipinski definition) is 1. The lowest BCUT2D eigenvalue weighted by Crippen LogP contribution is -2.33. The maximum atomic E-state index is 9.87. The molecule has 0 unspecified atom stereocenters. The minimum atomic E-state index is -0.653. The number of aliphatic hydroxyl groups is 1. The minimum absolute atomic E-state index is 0.653. The molecule has 62 valence electrons. The van der Waals surface area contributed by atoms with Crippen LogP contribution in [-0.2, 0) is 5.60 Å². The van der Waals surface area contributed by atoms with Crippen molar-refractivity contribution in [3.8, 4) is 12.3 Å². The number of hydrogen-bond acceptors (Lipinski definition) is 3. The Hall–Kier alpha value is -0.850. The summed E-state index contributed by atoms with van der Waals surface area (Å²) in [4.78, 5) is 4.90. The molecule has 0 saturated heterocycles. The van der Waals surface area contributed by atoms with Crippen molar-refractivity contribution in [2.75, 3.05) is 0 Å². The Morgan fingerprint density at radius 3 is 2.83 bits per heavy atom. The van der Waals surface area contributed by atoms with Gasteiger partial charge in [0.2, 0.25) is 0 Å². The van der Waals surface area contributed by atoms with E-state index in [2.05, 4.69) is 10.9 Å². The van der Waals surface area contributed by atoms with Crippen LogP contribution in [0, 0.1) is 12.3 Å². The fourth-order valence-corrected chi connectivity index (χ4v) is 2.15. The molecular formula is C9H9NOS. The average Bonchev–Trinajstić information content (AvgIpc) is 2.48. The highest BCUT2D eigenvalue weighted by Gasteiger charge is 2.38. The molecule has 12 heavy (non-hydrogen) atoms. The quantitative estimate of drug-likeness (QED) is 0.663. The van der Waals surface area contributed by atoms with Crippen LogP contribution >= 0.6 is 11.3 Å². The van der Waals surface area contributed by atoms with Crippen LogP contribution in [0.2, 0.25) is 0 Å². The highest BCUT2D eigenvalue weighted by atomic mass is 32.1. The predicted octanol–water partition coefficient (Wildman–Crippen LogP) is 1.50. The van der Waals surface area contributed by atoms with Gasteiger partial charge in [-0.3, -0.25) is 0 Å². The molecule has 2 rings (SSSR count). The number of thiazole rings is 1. The normalized spacial score (nSPS) is 19.7. The molecule has 1 aromatic rings. The molecule has 0 amide bonds. The van der Waals surface area contributed by atoms with Crippen LogP contribution in [0.25, 0.3) is 0 Å². The Morgan fingerprint density at radius 2 is 2.42 bits per heavy atom. The van der Waals surface area contributed by atoms with Gasteiger partial charge in [0.15, 0.2) is 0 Å². The van der Waals surface area contributed by atoms with Gasteiger partial charge >= 0.3 is 0 Å². The average molecular weight is 179 g/mol. The van der Waals surface area contributed by atoms with Gasteiger partial charge in [0.1, 0.15) is 10.6 Å². The topological polar surface area (TPSA) is 33.1 Å². The van der Waals surface area contributed by atoms with E-state index in [4.69, 9.17) is 6.42 Å². The molecule has 1 aliphatic carbocycles. The summed E-state index contributed by atoms with van der Waals surface area (Å²) in [6.45, 7) is 0. The van der Waals surface area contributed by atoms with E-state index in [9.17, 15) is 5.11 Å². The zero-order valence-electron chi connectivity index (χ0n) is 6.58.